The van der Waals surface area contributed by atoms with Crippen molar-refractivity contribution in [3.05, 3.63) is 67.1 Å². The molecule has 1 heterocycles. The summed E-state index contributed by atoms with van der Waals surface area (Å²) in [6, 6.07) is 7.55. The third-order valence-electron chi connectivity index (χ3n) is 3.47. The van der Waals surface area contributed by atoms with Crippen LogP contribution in [-0.4, -0.2) is 24.1 Å². The Balaban J connectivity index is 1.46. The number of esters is 1. The molecule has 1 N–H and O–H groups in total. The van der Waals surface area contributed by atoms with E-state index in [-0.39, 0.29) is 5.97 Å². The highest BCUT2D eigenvalue weighted by atomic mass is 35.5. The van der Waals surface area contributed by atoms with Gasteiger partial charge in [-0.2, -0.15) is 0 Å². The molecule has 1 aromatic heterocycles. The molecule has 1 fully saturated rings. The van der Waals surface area contributed by atoms with E-state index in [2.05, 4.69) is 10.3 Å². The molecular weight excluding hydrogens is 312 g/mol. The minimum absolute atomic E-state index is 0.279. The second-order valence-electron chi connectivity index (χ2n) is 5.11. The summed E-state index contributed by atoms with van der Waals surface area (Å²) in [5.74, 6) is 0.314. The van der Waals surface area contributed by atoms with Gasteiger partial charge in [0.25, 0.3) is 0 Å². The van der Waals surface area contributed by atoms with Crippen molar-refractivity contribution in [1.29, 1.82) is 0 Å². The number of hydrogen-bond donors (Lipinski definition) is 1. The number of anilines is 1. The number of nitrogens with zero attached hydrogens (tertiary/aromatic N) is 1. The molecule has 117 valence electrons. The highest BCUT2D eigenvalue weighted by Crippen LogP contribution is 2.25. The number of benzene rings is 1. The molecule has 0 unspecified atom stereocenters. The molecule has 2 aromatic rings. The van der Waals surface area contributed by atoms with Crippen molar-refractivity contribution in [2.75, 3.05) is 18.5 Å². The van der Waals surface area contributed by atoms with Crippen LogP contribution in [0, 0.1) is 31.6 Å². The second-order valence-corrected chi connectivity index (χ2v) is 5.55. The van der Waals surface area contributed by atoms with E-state index in [0.717, 1.165) is 23.0 Å². The van der Waals surface area contributed by atoms with Crippen LogP contribution in [0.5, 0.6) is 0 Å². The molecule has 5 heteroatoms. The number of aromatic nitrogens is 1. The van der Waals surface area contributed by atoms with Crippen molar-refractivity contribution in [1.82, 2.24) is 4.98 Å². The minimum Gasteiger partial charge on any atom is -0.465 e. The van der Waals surface area contributed by atoms with Gasteiger partial charge in [-0.15, -0.1) is 0 Å². The zero-order valence-electron chi connectivity index (χ0n) is 12.5. The standard InChI is InChI=1S/C18H16ClN2O2/c19-14-6-7-15-16(8-10-21-17(15)12-14)20-9-3-11-23-18(22)13-4-1-2-5-13/h1-2,4-8,10,12H,3,9,11H2,(H,20,21). The number of rotatable bonds is 6. The van der Waals surface area contributed by atoms with E-state index in [0.29, 0.717) is 24.1 Å². The number of fused-ring (bicyclic) bond motifs is 1. The van der Waals surface area contributed by atoms with Gasteiger partial charge >= 0.3 is 5.97 Å². The van der Waals surface area contributed by atoms with Crippen LogP contribution in [0.25, 0.3) is 10.9 Å². The van der Waals surface area contributed by atoms with Gasteiger partial charge in [0.2, 0.25) is 0 Å². The monoisotopic (exact) mass is 327 g/mol. The molecule has 0 spiro atoms. The Morgan fingerprint density at radius 2 is 2.04 bits per heavy atom. The summed E-state index contributed by atoms with van der Waals surface area (Å²) in [4.78, 5) is 16.0. The highest BCUT2D eigenvalue weighted by molar-refractivity contribution is 6.31. The van der Waals surface area contributed by atoms with Crippen LogP contribution in [0.15, 0.2) is 30.5 Å². The van der Waals surface area contributed by atoms with E-state index >= 15 is 0 Å². The second kappa shape index (κ2) is 7.64. The summed E-state index contributed by atoms with van der Waals surface area (Å²) < 4.78 is 5.22. The van der Waals surface area contributed by atoms with E-state index < -0.39 is 0 Å². The summed E-state index contributed by atoms with van der Waals surface area (Å²) >= 11 is 5.98. The first-order chi connectivity index (χ1) is 11.2. The fraction of sp³-hybridized carbons (Fsp3) is 0.167. The van der Waals surface area contributed by atoms with Crippen molar-refractivity contribution in [2.45, 2.75) is 6.42 Å². The summed E-state index contributed by atoms with van der Waals surface area (Å²) in [5.41, 5.74) is 1.85. The van der Waals surface area contributed by atoms with Gasteiger partial charge in [0.05, 0.1) is 18.0 Å². The Morgan fingerprint density at radius 3 is 2.87 bits per heavy atom. The van der Waals surface area contributed by atoms with Crippen molar-refractivity contribution < 1.29 is 9.53 Å². The molecule has 1 aliphatic carbocycles. The lowest BCUT2D eigenvalue weighted by Crippen LogP contribution is -2.15. The van der Waals surface area contributed by atoms with Crippen LogP contribution >= 0.6 is 11.6 Å². The SMILES string of the molecule is O=C(OCCCNc1ccnc2cc(Cl)ccc12)[C]1[CH][CH][CH][CH]1. The van der Waals surface area contributed by atoms with Gasteiger partial charge in [0, 0.05) is 28.8 Å². The van der Waals surface area contributed by atoms with Gasteiger partial charge in [-0.25, -0.2) is 0 Å². The lowest BCUT2D eigenvalue weighted by atomic mass is 10.1. The van der Waals surface area contributed by atoms with Crippen LogP contribution in [0.1, 0.15) is 6.42 Å². The molecule has 5 radical (unpaired) electrons. The minimum atomic E-state index is -0.279. The Hall–Kier alpha value is -1.81. The summed E-state index contributed by atoms with van der Waals surface area (Å²) in [7, 11) is 0. The van der Waals surface area contributed by atoms with Crippen LogP contribution in [0.4, 0.5) is 5.69 Å². The van der Waals surface area contributed by atoms with E-state index in [9.17, 15) is 4.79 Å². The zero-order valence-corrected chi connectivity index (χ0v) is 13.2. The smallest absolute Gasteiger partial charge is 0.313 e. The molecule has 4 nitrogen and oxygen atoms in total. The predicted octanol–water partition coefficient (Wildman–Crippen LogP) is 3.64. The van der Waals surface area contributed by atoms with Gasteiger partial charge in [0.1, 0.15) is 0 Å². The number of hydrogen-bond acceptors (Lipinski definition) is 4. The van der Waals surface area contributed by atoms with Gasteiger partial charge in [-0.3, -0.25) is 9.78 Å². The number of ether oxygens (including phenoxy) is 1. The Morgan fingerprint density at radius 1 is 1.22 bits per heavy atom. The predicted molar refractivity (Wildman–Crippen MR) is 91.3 cm³/mol. The lowest BCUT2D eigenvalue weighted by molar-refractivity contribution is -0.140. The number of carbonyl (C=O) groups is 1. The van der Waals surface area contributed by atoms with E-state index in [1.807, 2.05) is 37.1 Å². The highest BCUT2D eigenvalue weighted by Gasteiger charge is 2.25. The van der Waals surface area contributed by atoms with Crippen molar-refractivity contribution >= 4 is 34.2 Å². The number of nitrogens with one attached hydrogen (secondary N) is 1. The van der Waals surface area contributed by atoms with E-state index in [1.165, 1.54) is 0 Å². The molecule has 1 aliphatic rings. The van der Waals surface area contributed by atoms with Crippen LogP contribution in [-0.2, 0) is 9.53 Å². The first-order valence-electron chi connectivity index (χ1n) is 7.41. The number of pyridine rings is 1. The molecule has 0 bridgehead atoms. The third kappa shape index (κ3) is 4.14. The quantitative estimate of drug-likeness (QED) is 0.650. The fourth-order valence-electron chi connectivity index (χ4n) is 2.33. The van der Waals surface area contributed by atoms with Crippen LogP contribution < -0.4 is 5.32 Å². The van der Waals surface area contributed by atoms with Gasteiger partial charge in [-0.05, 0) is 56.4 Å². The lowest BCUT2D eigenvalue weighted by Gasteiger charge is -2.11. The fourth-order valence-corrected chi connectivity index (χ4v) is 2.50. The third-order valence-corrected chi connectivity index (χ3v) is 3.71. The van der Waals surface area contributed by atoms with Crippen LogP contribution in [0.3, 0.4) is 0 Å². The first-order valence-corrected chi connectivity index (χ1v) is 7.79. The van der Waals surface area contributed by atoms with Crippen molar-refractivity contribution in [3.8, 4) is 0 Å². The van der Waals surface area contributed by atoms with Gasteiger partial charge in [-0.1, -0.05) is 11.6 Å². The topological polar surface area (TPSA) is 51.2 Å². The molecule has 0 atom stereocenters. The van der Waals surface area contributed by atoms with Gasteiger partial charge < -0.3 is 10.1 Å². The zero-order chi connectivity index (χ0) is 16.1. The van der Waals surface area contributed by atoms with E-state index in [1.54, 1.807) is 19.0 Å². The Bertz CT molecular complexity index is 684. The summed E-state index contributed by atoms with van der Waals surface area (Å²) in [6.07, 6.45) is 9.60. The average molecular weight is 328 g/mol. The maximum atomic E-state index is 11.7. The van der Waals surface area contributed by atoms with Crippen molar-refractivity contribution in [2.24, 2.45) is 0 Å². The molecule has 0 saturated heterocycles. The maximum Gasteiger partial charge on any atom is 0.313 e. The Kier molecular flexibility index (Phi) is 5.34. The molecule has 23 heavy (non-hydrogen) atoms. The summed E-state index contributed by atoms with van der Waals surface area (Å²) in [5, 5.41) is 5.03. The molecule has 0 aliphatic heterocycles. The summed E-state index contributed by atoms with van der Waals surface area (Å²) in [6.45, 7) is 1.09. The average Bonchev–Trinajstić information content (AvgIpc) is 3.08. The molecule has 3 rings (SSSR count). The molecule has 1 saturated carbocycles. The van der Waals surface area contributed by atoms with Crippen molar-refractivity contribution in [3.63, 3.8) is 0 Å². The largest absolute Gasteiger partial charge is 0.465 e. The molecular formula is C18H16ClN2O2. The first kappa shape index (κ1) is 16.1. The number of halogens is 1. The number of carbonyl (C=O) groups excluding carboxylic acids is 1. The molecule has 0 amide bonds. The van der Waals surface area contributed by atoms with Crippen LogP contribution in [0.2, 0.25) is 5.02 Å². The van der Waals surface area contributed by atoms with E-state index in [4.69, 9.17) is 16.3 Å². The normalized spacial score (nSPS) is 15.0. The van der Waals surface area contributed by atoms with Gasteiger partial charge in [0.15, 0.2) is 0 Å². The maximum absolute atomic E-state index is 11.7. The molecule has 1 aromatic carbocycles. The Labute approximate surface area is 141 Å².